The van der Waals surface area contributed by atoms with E-state index in [0.29, 0.717) is 0 Å². The van der Waals surface area contributed by atoms with Crippen molar-refractivity contribution in [3.8, 4) is 0 Å². The lowest BCUT2D eigenvalue weighted by Gasteiger charge is -2.11. The molecule has 2 rings (SSSR count). The number of nitrogens with zero attached hydrogens (tertiary/aromatic N) is 1. The lowest BCUT2D eigenvalue weighted by molar-refractivity contribution is 0.268. The maximum absolute atomic E-state index is 9.00. The maximum Gasteiger partial charge on any atom is 0.0624 e. The molecule has 1 atom stereocenters. The number of rotatable bonds is 2. The van der Waals surface area contributed by atoms with Gasteiger partial charge in [0.15, 0.2) is 0 Å². The highest BCUT2D eigenvalue weighted by molar-refractivity contribution is 5.85. The zero-order valence-electron chi connectivity index (χ0n) is 7.72. The third-order valence-corrected chi connectivity index (χ3v) is 2.31. The molecule has 0 bridgehead atoms. The first-order valence-corrected chi connectivity index (χ1v) is 4.52. The number of hydrogen-bond donors (Lipinski definition) is 2. The van der Waals surface area contributed by atoms with E-state index in [2.05, 4.69) is 4.98 Å². The summed E-state index contributed by atoms with van der Waals surface area (Å²) in [5.74, 6) is 0. The van der Waals surface area contributed by atoms with E-state index in [9.17, 15) is 0 Å². The number of nitrogens with two attached hydrogens (primary N) is 1. The predicted molar refractivity (Wildman–Crippen MR) is 55.8 cm³/mol. The summed E-state index contributed by atoms with van der Waals surface area (Å²) in [6.45, 7) is -0.0476. The highest BCUT2D eigenvalue weighted by Gasteiger charge is 2.07. The largest absolute Gasteiger partial charge is 0.394 e. The second kappa shape index (κ2) is 3.74. The van der Waals surface area contributed by atoms with Crippen molar-refractivity contribution in [2.45, 2.75) is 6.04 Å². The standard InChI is InChI=1S/C11H12N2O/c12-11(7-14)9-3-1-2-8-4-5-13-6-10(8)9/h1-6,11,14H,7,12H2. The Kier molecular flexibility index (Phi) is 2.43. The molecule has 1 heterocycles. The summed E-state index contributed by atoms with van der Waals surface area (Å²) in [5.41, 5.74) is 6.73. The topological polar surface area (TPSA) is 59.1 Å². The highest BCUT2D eigenvalue weighted by Crippen LogP contribution is 2.21. The molecule has 0 amide bonds. The Hall–Kier alpha value is -1.45. The van der Waals surface area contributed by atoms with Gasteiger partial charge in [-0.3, -0.25) is 4.98 Å². The summed E-state index contributed by atoms with van der Waals surface area (Å²) in [7, 11) is 0. The van der Waals surface area contributed by atoms with Crippen LogP contribution in [0.3, 0.4) is 0 Å². The van der Waals surface area contributed by atoms with Crippen LogP contribution in [0.15, 0.2) is 36.7 Å². The third kappa shape index (κ3) is 1.47. The number of pyridine rings is 1. The average molecular weight is 188 g/mol. The second-order valence-electron chi connectivity index (χ2n) is 3.23. The summed E-state index contributed by atoms with van der Waals surface area (Å²) < 4.78 is 0. The quantitative estimate of drug-likeness (QED) is 0.745. The molecule has 0 aliphatic carbocycles. The minimum Gasteiger partial charge on any atom is -0.394 e. The van der Waals surface area contributed by atoms with Gasteiger partial charge in [-0.1, -0.05) is 18.2 Å². The van der Waals surface area contributed by atoms with Crippen LogP contribution >= 0.6 is 0 Å². The summed E-state index contributed by atoms with van der Waals surface area (Å²) in [5, 5.41) is 11.1. The minimum atomic E-state index is -0.331. The molecule has 3 nitrogen and oxygen atoms in total. The number of fused-ring (bicyclic) bond motifs is 1. The van der Waals surface area contributed by atoms with E-state index in [1.807, 2.05) is 24.3 Å². The van der Waals surface area contributed by atoms with Gasteiger partial charge >= 0.3 is 0 Å². The summed E-state index contributed by atoms with van der Waals surface area (Å²) in [4.78, 5) is 4.05. The van der Waals surface area contributed by atoms with E-state index in [1.165, 1.54) is 0 Å². The number of hydrogen-bond acceptors (Lipinski definition) is 3. The molecule has 0 saturated carbocycles. The van der Waals surface area contributed by atoms with E-state index in [4.69, 9.17) is 10.8 Å². The van der Waals surface area contributed by atoms with Crippen LogP contribution in [-0.2, 0) is 0 Å². The molecule has 0 spiro atoms. The molecule has 2 aromatic rings. The van der Waals surface area contributed by atoms with Crippen LogP contribution in [0.5, 0.6) is 0 Å². The Morgan fingerprint density at radius 3 is 3.00 bits per heavy atom. The Labute approximate surface area is 82.2 Å². The van der Waals surface area contributed by atoms with Crippen molar-refractivity contribution >= 4 is 10.8 Å². The van der Waals surface area contributed by atoms with Crippen LogP contribution < -0.4 is 5.73 Å². The first-order valence-electron chi connectivity index (χ1n) is 4.52. The van der Waals surface area contributed by atoms with E-state index in [1.54, 1.807) is 12.4 Å². The fourth-order valence-corrected chi connectivity index (χ4v) is 1.56. The first-order chi connectivity index (χ1) is 6.83. The molecule has 0 saturated heterocycles. The molecule has 1 unspecified atom stereocenters. The monoisotopic (exact) mass is 188 g/mol. The van der Waals surface area contributed by atoms with Gasteiger partial charge in [0.1, 0.15) is 0 Å². The van der Waals surface area contributed by atoms with Crippen LogP contribution in [0.1, 0.15) is 11.6 Å². The SMILES string of the molecule is NC(CO)c1cccc2ccncc12. The fraction of sp³-hybridized carbons (Fsp3) is 0.182. The van der Waals surface area contributed by atoms with Gasteiger partial charge in [-0.2, -0.15) is 0 Å². The van der Waals surface area contributed by atoms with Gasteiger partial charge in [-0.15, -0.1) is 0 Å². The fourth-order valence-electron chi connectivity index (χ4n) is 1.56. The lowest BCUT2D eigenvalue weighted by Crippen LogP contribution is -2.14. The smallest absolute Gasteiger partial charge is 0.0624 e. The molecule has 0 fully saturated rings. The zero-order chi connectivity index (χ0) is 9.97. The molecular formula is C11H12N2O. The Bertz CT molecular complexity index is 437. The van der Waals surface area contributed by atoms with Crippen molar-refractivity contribution in [3.63, 3.8) is 0 Å². The molecule has 14 heavy (non-hydrogen) atoms. The summed E-state index contributed by atoms with van der Waals surface area (Å²) in [6, 6.07) is 7.47. The van der Waals surface area contributed by atoms with Crippen molar-refractivity contribution < 1.29 is 5.11 Å². The lowest BCUT2D eigenvalue weighted by atomic mass is 10.0. The van der Waals surface area contributed by atoms with Gasteiger partial charge in [0.05, 0.1) is 12.6 Å². The Balaban J connectivity index is 2.65. The molecule has 0 radical (unpaired) electrons. The molecule has 0 aliphatic rings. The molecule has 72 valence electrons. The molecule has 3 heteroatoms. The number of benzene rings is 1. The van der Waals surface area contributed by atoms with Gasteiger partial charge in [0, 0.05) is 17.8 Å². The summed E-state index contributed by atoms with van der Waals surface area (Å²) in [6.07, 6.45) is 3.52. The van der Waals surface area contributed by atoms with Crippen LogP contribution in [0.2, 0.25) is 0 Å². The van der Waals surface area contributed by atoms with Gasteiger partial charge in [0.2, 0.25) is 0 Å². The Morgan fingerprint density at radius 1 is 1.36 bits per heavy atom. The van der Waals surface area contributed by atoms with Gasteiger partial charge < -0.3 is 10.8 Å². The van der Waals surface area contributed by atoms with Crippen molar-refractivity contribution in [1.29, 1.82) is 0 Å². The third-order valence-electron chi connectivity index (χ3n) is 2.31. The number of aliphatic hydroxyl groups excluding tert-OH is 1. The number of aromatic nitrogens is 1. The molecule has 1 aromatic carbocycles. The first kappa shape index (κ1) is 9.12. The normalized spacial score (nSPS) is 13.0. The van der Waals surface area contributed by atoms with Crippen molar-refractivity contribution in [2.24, 2.45) is 5.73 Å². The predicted octanol–water partition coefficient (Wildman–Crippen LogP) is 1.23. The molecule has 0 aliphatic heterocycles. The molecule has 3 N–H and O–H groups in total. The minimum absolute atomic E-state index is 0.0476. The van der Waals surface area contributed by atoms with E-state index in [-0.39, 0.29) is 12.6 Å². The molecule has 1 aromatic heterocycles. The van der Waals surface area contributed by atoms with Crippen molar-refractivity contribution in [2.75, 3.05) is 6.61 Å². The van der Waals surface area contributed by atoms with E-state index < -0.39 is 0 Å². The summed E-state index contributed by atoms with van der Waals surface area (Å²) >= 11 is 0. The maximum atomic E-state index is 9.00. The van der Waals surface area contributed by atoms with Crippen LogP contribution in [0.4, 0.5) is 0 Å². The van der Waals surface area contributed by atoms with Crippen LogP contribution in [0, 0.1) is 0 Å². The average Bonchev–Trinajstić information content (AvgIpc) is 2.27. The van der Waals surface area contributed by atoms with Crippen molar-refractivity contribution in [3.05, 3.63) is 42.2 Å². The van der Waals surface area contributed by atoms with Crippen LogP contribution in [-0.4, -0.2) is 16.7 Å². The van der Waals surface area contributed by atoms with Crippen molar-refractivity contribution in [1.82, 2.24) is 4.98 Å². The van der Waals surface area contributed by atoms with Crippen LogP contribution in [0.25, 0.3) is 10.8 Å². The Morgan fingerprint density at radius 2 is 2.21 bits per heavy atom. The van der Waals surface area contributed by atoms with E-state index in [0.717, 1.165) is 16.3 Å². The second-order valence-corrected chi connectivity index (χ2v) is 3.23. The van der Waals surface area contributed by atoms with E-state index >= 15 is 0 Å². The van der Waals surface area contributed by atoms with Gasteiger partial charge in [0.25, 0.3) is 0 Å². The van der Waals surface area contributed by atoms with Gasteiger partial charge in [-0.05, 0) is 17.0 Å². The zero-order valence-corrected chi connectivity index (χ0v) is 7.72. The molecular weight excluding hydrogens is 176 g/mol. The number of aliphatic hydroxyl groups is 1. The highest BCUT2D eigenvalue weighted by atomic mass is 16.3. The van der Waals surface area contributed by atoms with Gasteiger partial charge in [-0.25, -0.2) is 0 Å².